The van der Waals surface area contributed by atoms with Gasteiger partial charge in [-0.3, -0.25) is 14.6 Å². The summed E-state index contributed by atoms with van der Waals surface area (Å²) < 4.78 is 18.1. The standard InChI is InChI=1S/C34H55N3O11/c1-10-24-34(8,44)28(40)19(4)25(36-45)17(2)15-33(7,43)29(20(5)26(38)21(6)31(42)47-24)48-32-27(39)23(14-18(3)46-32)37(9)30(41)22-12-11-13-35-16-22/h11-13,16-21,23-24,26-29,32,38-40,43-45H,10,14-15H2,1-9H3/b36-25+/t17-,18-,19+,20+,21-,23+,24-,26+,27-,28-,29-,32+,33?,34-/m1/s1. The average molecular weight is 682 g/mol. The normalized spacial score (nSPS) is 42.9. The van der Waals surface area contributed by atoms with Crippen molar-refractivity contribution in [3.8, 4) is 0 Å². The molecule has 1 amide bonds. The number of nitrogens with zero attached hydrogens (tertiary/aromatic N) is 3. The van der Waals surface area contributed by atoms with Gasteiger partial charge >= 0.3 is 5.97 Å². The number of amides is 1. The van der Waals surface area contributed by atoms with Gasteiger partial charge in [-0.25, -0.2) is 0 Å². The Kier molecular flexibility index (Phi) is 13.1. The highest BCUT2D eigenvalue weighted by atomic mass is 16.7. The first-order valence-electron chi connectivity index (χ1n) is 16.7. The third-order valence-corrected chi connectivity index (χ3v) is 10.3. The minimum absolute atomic E-state index is 0.0692. The molecule has 48 heavy (non-hydrogen) atoms. The Bertz CT molecular complexity index is 1260. The van der Waals surface area contributed by atoms with Crippen molar-refractivity contribution in [3.63, 3.8) is 0 Å². The zero-order chi connectivity index (χ0) is 36.3. The molecule has 2 saturated heterocycles. The molecule has 1 aromatic rings. The molecule has 3 heterocycles. The molecule has 0 radical (unpaired) electrons. The van der Waals surface area contributed by atoms with E-state index in [-0.39, 0.29) is 30.9 Å². The Morgan fingerprint density at radius 3 is 2.31 bits per heavy atom. The van der Waals surface area contributed by atoms with Gasteiger partial charge in [0.2, 0.25) is 0 Å². The summed E-state index contributed by atoms with van der Waals surface area (Å²) in [6.07, 6.45) is -5.41. The van der Waals surface area contributed by atoms with Crippen molar-refractivity contribution < 1.29 is 54.5 Å². The highest BCUT2D eigenvalue weighted by Gasteiger charge is 2.51. The number of aliphatic hydroxyl groups is 5. The van der Waals surface area contributed by atoms with Gasteiger partial charge in [0.15, 0.2) is 6.29 Å². The van der Waals surface area contributed by atoms with Gasteiger partial charge in [0.05, 0.1) is 53.3 Å². The van der Waals surface area contributed by atoms with E-state index in [2.05, 4.69) is 10.1 Å². The predicted octanol–water partition coefficient (Wildman–Crippen LogP) is 1.73. The van der Waals surface area contributed by atoms with Crippen LogP contribution in [0.15, 0.2) is 29.7 Å². The van der Waals surface area contributed by atoms with Crippen molar-refractivity contribution in [2.45, 2.75) is 135 Å². The molecule has 272 valence electrons. The maximum Gasteiger partial charge on any atom is 0.311 e. The molecule has 1 unspecified atom stereocenters. The summed E-state index contributed by atoms with van der Waals surface area (Å²) in [5, 5.41) is 71.3. The van der Waals surface area contributed by atoms with E-state index in [0.717, 1.165) is 0 Å². The van der Waals surface area contributed by atoms with E-state index in [1.165, 1.54) is 31.9 Å². The Morgan fingerprint density at radius 2 is 1.75 bits per heavy atom. The number of carbonyl (C=O) groups is 2. The molecular formula is C34H55N3O11. The van der Waals surface area contributed by atoms with E-state index < -0.39 is 89.8 Å². The minimum atomic E-state index is -1.96. The molecule has 2 fully saturated rings. The molecule has 2 aliphatic heterocycles. The van der Waals surface area contributed by atoms with Crippen LogP contribution in [0.2, 0.25) is 0 Å². The van der Waals surface area contributed by atoms with Crippen LogP contribution in [0.25, 0.3) is 0 Å². The number of cyclic esters (lactones) is 1. The number of esters is 1. The summed E-state index contributed by atoms with van der Waals surface area (Å²) in [6, 6.07) is 2.50. The smallest absolute Gasteiger partial charge is 0.311 e. The Morgan fingerprint density at radius 1 is 1.10 bits per heavy atom. The second-order valence-corrected chi connectivity index (χ2v) is 14.2. The van der Waals surface area contributed by atoms with Crippen LogP contribution in [-0.2, 0) is 19.0 Å². The van der Waals surface area contributed by atoms with E-state index in [4.69, 9.17) is 14.2 Å². The quantitative estimate of drug-likeness (QED) is 0.149. The lowest BCUT2D eigenvalue weighted by molar-refractivity contribution is -0.298. The number of ether oxygens (including phenoxy) is 3. The van der Waals surface area contributed by atoms with Gasteiger partial charge < -0.3 is 49.9 Å². The predicted molar refractivity (Wildman–Crippen MR) is 174 cm³/mol. The molecule has 0 saturated carbocycles. The van der Waals surface area contributed by atoms with Crippen molar-refractivity contribution in [1.82, 2.24) is 9.88 Å². The third-order valence-electron chi connectivity index (χ3n) is 10.3. The lowest BCUT2D eigenvalue weighted by Gasteiger charge is -2.47. The van der Waals surface area contributed by atoms with Crippen LogP contribution in [0.4, 0.5) is 0 Å². The molecule has 3 rings (SSSR count). The lowest BCUT2D eigenvalue weighted by Crippen LogP contribution is -2.60. The van der Waals surface area contributed by atoms with Crippen molar-refractivity contribution in [2.75, 3.05) is 7.05 Å². The maximum absolute atomic E-state index is 13.4. The number of pyridine rings is 1. The van der Waals surface area contributed by atoms with Crippen LogP contribution in [0.5, 0.6) is 0 Å². The summed E-state index contributed by atoms with van der Waals surface area (Å²) in [5.74, 6) is -4.99. The largest absolute Gasteiger partial charge is 0.459 e. The Balaban J connectivity index is 2.03. The van der Waals surface area contributed by atoms with Gasteiger partial charge in [0.25, 0.3) is 5.91 Å². The van der Waals surface area contributed by atoms with E-state index >= 15 is 0 Å². The van der Waals surface area contributed by atoms with Crippen LogP contribution in [0.1, 0.15) is 85.0 Å². The molecule has 0 bridgehead atoms. The molecule has 0 aromatic carbocycles. The van der Waals surface area contributed by atoms with Crippen LogP contribution < -0.4 is 0 Å². The lowest BCUT2D eigenvalue weighted by atomic mass is 9.73. The molecule has 14 atom stereocenters. The number of aromatic nitrogens is 1. The zero-order valence-electron chi connectivity index (χ0n) is 29.4. The highest BCUT2D eigenvalue weighted by Crippen LogP contribution is 2.38. The molecule has 0 spiro atoms. The molecule has 2 aliphatic rings. The number of carbonyl (C=O) groups excluding carboxylic acids is 2. The summed E-state index contributed by atoms with van der Waals surface area (Å²) in [4.78, 5) is 32.0. The van der Waals surface area contributed by atoms with Crippen molar-refractivity contribution in [1.29, 1.82) is 0 Å². The molecule has 14 heteroatoms. The second kappa shape index (κ2) is 15.9. The van der Waals surface area contributed by atoms with Crippen molar-refractivity contribution >= 4 is 17.6 Å². The number of likely N-dealkylation sites (N-methyl/N-ethyl adjacent to an activating group) is 1. The molecular weight excluding hydrogens is 626 g/mol. The van der Waals surface area contributed by atoms with Gasteiger partial charge in [-0.2, -0.15) is 0 Å². The molecule has 6 N–H and O–H groups in total. The second-order valence-electron chi connectivity index (χ2n) is 14.2. The highest BCUT2D eigenvalue weighted by molar-refractivity contribution is 5.94. The van der Waals surface area contributed by atoms with Gasteiger partial charge in [-0.05, 0) is 59.1 Å². The number of aliphatic hydroxyl groups excluding tert-OH is 3. The summed E-state index contributed by atoms with van der Waals surface area (Å²) in [7, 11) is 1.56. The fraction of sp³-hybridized carbons (Fsp3) is 0.765. The van der Waals surface area contributed by atoms with Gasteiger partial charge in [0, 0.05) is 37.2 Å². The Hall–Kier alpha value is -2.72. The van der Waals surface area contributed by atoms with Crippen molar-refractivity contribution in [3.05, 3.63) is 30.1 Å². The van der Waals surface area contributed by atoms with Crippen LogP contribution in [0, 0.1) is 23.7 Å². The fourth-order valence-corrected chi connectivity index (χ4v) is 7.33. The first-order valence-corrected chi connectivity index (χ1v) is 16.7. The van der Waals surface area contributed by atoms with E-state index in [1.807, 2.05) is 0 Å². The SMILES string of the molecule is CC[C@H]1OC(=O)[C@H](C)[C@@H](O)[C@H](C)[C@@H](O[C@@H]2O[C@H](C)C[C@H](N(C)C(=O)c3cccnc3)[C@H]2O)C(C)(O)C[C@@H](C)/C(=N\O)[C@H](C)[C@@H](O)[C@]1(C)O. The first kappa shape index (κ1) is 39.7. The summed E-state index contributed by atoms with van der Waals surface area (Å²) in [5.41, 5.74) is -3.38. The number of oxime groups is 1. The summed E-state index contributed by atoms with van der Waals surface area (Å²) in [6.45, 7) is 12.5. The minimum Gasteiger partial charge on any atom is -0.459 e. The van der Waals surface area contributed by atoms with Gasteiger partial charge in [-0.15, -0.1) is 0 Å². The van der Waals surface area contributed by atoms with E-state index in [9.17, 15) is 40.3 Å². The van der Waals surface area contributed by atoms with Gasteiger partial charge in [-0.1, -0.05) is 32.9 Å². The third kappa shape index (κ3) is 8.35. The van der Waals surface area contributed by atoms with E-state index in [1.54, 1.807) is 60.0 Å². The maximum atomic E-state index is 13.4. The summed E-state index contributed by atoms with van der Waals surface area (Å²) >= 11 is 0. The van der Waals surface area contributed by atoms with Crippen LogP contribution in [-0.4, -0.2) is 125 Å². The number of hydrogen-bond donors (Lipinski definition) is 6. The number of hydrogen-bond acceptors (Lipinski definition) is 13. The van der Waals surface area contributed by atoms with Crippen molar-refractivity contribution in [2.24, 2.45) is 28.8 Å². The van der Waals surface area contributed by atoms with Crippen LogP contribution >= 0.6 is 0 Å². The van der Waals surface area contributed by atoms with E-state index in [0.29, 0.717) is 5.56 Å². The fourth-order valence-electron chi connectivity index (χ4n) is 7.33. The first-order chi connectivity index (χ1) is 22.3. The molecule has 0 aliphatic carbocycles. The Labute approximate surface area is 282 Å². The van der Waals surface area contributed by atoms with Gasteiger partial charge in [0.1, 0.15) is 17.8 Å². The van der Waals surface area contributed by atoms with Crippen LogP contribution in [0.3, 0.4) is 0 Å². The zero-order valence-corrected chi connectivity index (χ0v) is 29.4. The molecule has 14 nitrogen and oxygen atoms in total. The monoisotopic (exact) mass is 681 g/mol. The molecule has 1 aromatic heterocycles. The average Bonchev–Trinajstić information content (AvgIpc) is 3.04. The number of rotatable bonds is 5. The topological polar surface area (TPSA) is 212 Å².